The minimum Gasteiger partial charge on any atom is -0.382 e. The van der Waals surface area contributed by atoms with Crippen molar-refractivity contribution in [2.45, 2.75) is 0 Å². The zero-order valence-corrected chi connectivity index (χ0v) is 7.09. The van der Waals surface area contributed by atoms with E-state index in [0.29, 0.717) is 13.2 Å². The molecule has 0 amide bonds. The summed E-state index contributed by atoms with van der Waals surface area (Å²) in [5.74, 6) is 0. The lowest BCUT2D eigenvalue weighted by atomic mass is 10.6. The molecule has 1 radical (unpaired) electrons. The van der Waals surface area contributed by atoms with Crippen LogP contribution in [-0.2, 0) is 9.47 Å². The van der Waals surface area contributed by atoms with Crippen molar-refractivity contribution in [2.75, 3.05) is 47.6 Å². The van der Waals surface area contributed by atoms with E-state index in [1.165, 1.54) is 0 Å². The van der Waals surface area contributed by atoms with E-state index in [9.17, 15) is 0 Å². The van der Waals surface area contributed by atoms with Gasteiger partial charge in [-0.15, -0.1) is 0 Å². The van der Waals surface area contributed by atoms with E-state index >= 15 is 0 Å². The lowest BCUT2D eigenvalue weighted by molar-refractivity contribution is 0.0689. The van der Waals surface area contributed by atoms with Gasteiger partial charge in [0.15, 0.2) is 0 Å². The highest BCUT2D eigenvalue weighted by molar-refractivity contribution is 4.45. The molecule has 10 heavy (non-hydrogen) atoms. The normalized spacial score (nSPS) is 10.8. The predicted molar refractivity (Wildman–Crippen MR) is 41.5 cm³/mol. The van der Waals surface area contributed by atoms with Crippen LogP contribution in [0.1, 0.15) is 0 Å². The summed E-state index contributed by atoms with van der Waals surface area (Å²) in [4.78, 5) is 2.09. The zero-order valence-electron chi connectivity index (χ0n) is 7.09. The Morgan fingerprint density at radius 3 is 2.30 bits per heavy atom. The maximum atomic E-state index is 5.22. The third kappa shape index (κ3) is 7.88. The molecule has 0 saturated heterocycles. The van der Waals surface area contributed by atoms with Crippen LogP contribution in [0.3, 0.4) is 0 Å². The fraction of sp³-hybridized carbons (Fsp3) is 1.00. The van der Waals surface area contributed by atoms with Crippen LogP contribution in [0.15, 0.2) is 0 Å². The fourth-order valence-corrected chi connectivity index (χ4v) is 0.491. The van der Waals surface area contributed by atoms with Crippen LogP contribution >= 0.6 is 0 Å². The Labute approximate surface area is 62.9 Å². The van der Waals surface area contributed by atoms with Gasteiger partial charge in [-0.1, -0.05) is 0 Å². The van der Waals surface area contributed by atoms with E-state index in [4.69, 9.17) is 9.47 Å². The zero-order chi connectivity index (χ0) is 7.82. The Morgan fingerprint density at radius 2 is 1.80 bits per heavy atom. The molecule has 0 N–H and O–H groups in total. The topological polar surface area (TPSA) is 24.4 Å². The van der Waals surface area contributed by atoms with Crippen molar-refractivity contribution < 1.29 is 9.47 Å². The highest BCUT2D eigenvalue weighted by atomic mass is 16.5. The maximum Gasteiger partial charge on any atom is 0.145 e. The molecule has 0 rings (SSSR count). The molecule has 0 fully saturated rings. The fourth-order valence-electron chi connectivity index (χ4n) is 0.491. The van der Waals surface area contributed by atoms with Gasteiger partial charge in [0.05, 0.1) is 13.2 Å². The van der Waals surface area contributed by atoms with Crippen LogP contribution in [0.2, 0.25) is 0 Å². The third-order valence-electron chi connectivity index (χ3n) is 1.11. The lowest BCUT2D eigenvalue weighted by Gasteiger charge is -2.02. The van der Waals surface area contributed by atoms with Crippen molar-refractivity contribution in [3.8, 4) is 0 Å². The Bertz CT molecular complexity index is 66.6. The van der Waals surface area contributed by atoms with Crippen LogP contribution in [-0.4, -0.2) is 47.6 Å². The van der Waals surface area contributed by atoms with Gasteiger partial charge in [-0.05, 0) is 0 Å². The third-order valence-corrected chi connectivity index (χ3v) is 1.11. The van der Waals surface area contributed by atoms with Gasteiger partial charge in [-0.3, -0.25) is 0 Å². The second kappa shape index (κ2) is 6.99. The van der Waals surface area contributed by atoms with Gasteiger partial charge in [-0.2, -0.15) is 4.90 Å². The molecule has 0 heterocycles. The first kappa shape index (κ1) is 9.88. The van der Waals surface area contributed by atoms with Crippen LogP contribution in [0.5, 0.6) is 0 Å². The number of nitrogens with zero attached hydrogens (tertiary/aromatic N) is 1. The molecule has 0 saturated carbocycles. The van der Waals surface area contributed by atoms with Gasteiger partial charge in [-0.25, -0.2) is 0 Å². The molecule has 0 aromatic heterocycles. The summed E-state index contributed by atoms with van der Waals surface area (Å²) < 4.78 is 10.0. The molecule has 0 aliphatic heterocycles. The highest BCUT2D eigenvalue weighted by Crippen LogP contribution is 1.76. The molecule has 0 bridgehead atoms. The molecular formula is C7H17NO2+. The minimum absolute atomic E-state index is 0.688. The molecule has 3 nitrogen and oxygen atoms in total. The molecule has 0 atom stereocenters. The molecule has 0 aliphatic carbocycles. The Morgan fingerprint density at radius 1 is 1.10 bits per heavy atom. The number of ether oxygens (including phenoxy) is 2. The summed E-state index contributed by atoms with van der Waals surface area (Å²) in [6, 6.07) is 0. The maximum absolute atomic E-state index is 5.22. The summed E-state index contributed by atoms with van der Waals surface area (Å²) in [5.41, 5.74) is 0. The SMILES string of the molecule is COCCOCC[N+](C)C. The van der Waals surface area contributed by atoms with Crippen LogP contribution in [0.25, 0.3) is 0 Å². The van der Waals surface area contributed by atoms with E-state index in [1.807, 2.05) is 14.1 Å². The second-order valence-corrected chi connectivity index (χ2v) is 2.41. The Kier molecular flexibility index (Phi) is 6.91. The van der Waals surface area contributed by atoms with Gasteiger partial charge in [0, 0.05) is 7.11 Å². The highest BCUT2D eigenvalue weighted by Gasteiger charge is 1.96. The first-order valence-corrected chi connectivity index (χ1v) is 3.48. The van der Waals surface area contributed by atoms with E-state index in [0.717, 1.165) is 13.2 Å². The quantitative estimate of drug-likeness (QED) is 0.391. The molecule has 0 aliphatic rings. The van der Waals surface area contributed by atoms with E-state index in [1.54, 1.807) is 7.11 Å². The van der Waals surface area contributed by atoms with E-state index in [2.05, 4.69) is 4.90 Å². The van der Waals surface area contributed by atoms with Crippen molar-refractivity contribution in [2.24, 2.45) is 0 Å². The molecule has 0 aromatic carbocycles. The summed E-state index contributed by atoms with van der Waals surface area (Å²) >= 11 is 0. The average Bonchev–Trinajstić information content (AvgIpc) is 1.87. The summed E-state index contributed by atoms with van der Waals surface area (Å²) in [6.07, 6.45) is 0. The smallest absolute Gasteiger partial charge is 0.145 e. The molecule has 0 unspecified atom stereocenters. The molecule has 61 valence electrons. The van der Waals surface area contributed by atoms with Gasteiger partial charge in [0.25, 0.3) is 0 Å². The number of hydrogen-bond donors (Lipinski definition) is 0. The number of rotatable bonds is 6. The second-order valence-electron chi connectivity index (χ2n) is 2.41. The summed E-state index contributed by atoms with van der Waals surface area (Å²) in [6.45, 7) is 3.15. The number of methoxy groups -OCH3 is 1. The monoisotopic (exact) mass is 147 g/mol. The Balaban J connectivity index is 2.77. The predicted octanol–water partition coefficient (Wildman–Crippen LogP) is 0.0491. The van der Waals surface area contributed by atoms with Crippen molar-refractivity contribution >= 4 is 0 Å². The average molecular weight is 147 g/mol. The van der Waals surface area contributed by atoms with Crippen molar-refractivity contribution in [3.05, 3.63) is 0 Å². The van der Waals surface area contributed by atoms with Crippen LogP contribution < -0.4 is 4.90 Å². The van der Waals surface area contributed by atoms with Crippen molar-refractivity contribution in [3.63, 3.8) is 0 Å². The standard InChI is InChI=1S/C7H17NO2/c1-8(2)4-5-10-7-6-9-3/h4-7H2,1-3H3/q+1. The largest absolute Gasteiger partial charge is 0.382 e. The van der Waals surface area contributed by atoms with Crippen molar-refractivity contribution in [1.29, 1.82) is 0 Å². The van der Waals surface area contributed by atoms with Crippen LogP contribution in [0, 0.1) is 0 Å². The van der Waals surface area contributed by atoms with Crippen molar-refractivity contribution in [1.82, 2.24) is 4.90 Å². The molecule has 0 aromatic rings. The Hall–Kier alpha value is -0.120. The molecule has 0 spiro atoms. The van der Waals surface area contributed by atoms with Gasteiger partial charge in [0.2, 0.25) is 0 Å². The van der Waals surface area contributed by atoms with E-state index < -0.39 is 0 Å². The van der Waals surface area contributed by atoms with E-state index in [-0.39, 0.29) is 0 Å². The van der Waals surface area contributed by atoms with Gasteiger partial charge in [0.1, 0.15) is 27.2 Å². The minimum atomic E-state index is 0.688. The molecular weight excluding hydrogens is 130 g/mol. The summed E-state index contributed by atoms with van der Waals surface area (Å²) in [7, 11) is 5.73. The van der Waals surface area contributed by atoms with Gasteiger partial charge < -0.3 is 9.47 Å². The summed E-state index contributed by atoms with van der Waals surface area (Å²) in [5, 5.41) is 0. The first-order valence-electron chi connectivity index (χ1n) is 3.48. The molecule has 3 heteroatoms. The number of likely N-dealkylation sites (N-methyl/N-ethyl adjacent to an activating group) is 1. The number of hydrogen-bond acceptors (Lipinski definition) is 3. The van der Waals surface area contributed by atoms with Gasteiger partial charge >= 0.3 is 0 Å². The van der Waals surface area contributed by atoms with Crippen LogP contribution in [0.4, 0.5) is 0 Å². The first-order chi connectivity index (χ1) is 4.77. The lowest BCUT2D eigenvalue weighted by Crippen LogP contribution is -2.24.